The van der Waals surface area contributed by atoms with Crippen molar-refractivity contribution in [2.45, 2.75) is 6.42 Å². The van der Waals surface area contributed by atoms with Gasteiger partial charge in [-0.25, -0.2) is 4.98 Å². The molecule has 0 fully saturated rings. The number of thiazole rings is 1. The summed E-state index contributed by atoms with van der Waals surface area (Å²) in [6.07, 6.45) is 2.40. The number of aromatic nitrogens is 1. The van der Waals surface area contributed by atoms with Crippen molar-refractivity contribution >= 4 is 62.9 Å². The molecule has 0 aliphatic carbocycles. The van der Waals surface area contributed by atoms with E-state index in [9.17, 15) is 4.79 Å². The van der Waals surface area contributed by atoms with Crippen LogP contribution in [0.1, 0.15) is 10.4 Å². The molecule has 0 spiro atoms. The minimum Gasteiger partial charge on any atom is -0.428 e. The first-order chi connectivity index (χ1) is 16.5. The van der Waals surface area contributed by atoms with Crippen molar-refractivity contribution in [1.29, 1.82) is 0 Å². The van der Waals surface area contributed by atoms with Gasteiger partial charge in [0.2, 0.25) is 5.91 Å². The highest BCUT2D eigenvalue weighted by molar-refractivity contribution is 8.68. The van der Waals surface area contributed by atoms with E-state index in [1.165, 1.54) is 22.7 Å². The number of hydrogen-bond donors (Lipinski definition) is 1. The summed E-state index contributed by atoms with van der Waals surface area (Å²) in [5.41, 5.74) is -1.90. The van der Waals surface area contributed by atoms with Crippen molar-refractivity contribution in [3.8, 4) is 11.5 Å². The van der Waals surface area contributed by atoms with Gasteiger partial charge in [0.15, 0.2) is 5.13 Å². The fourth-order valence-electron chi connectivity index (χ4n) is 2.86. The molecular formula is C24H20ClN2O3PS3. The lowest BCUT2D eigenvalue weighted by Gasteiger charge is -2.22. The summed E-state index contributed by atoms with van der Waals surface area (Å²) >= 11 is 14.6. The maximum absolute atomic E-state index is 12.7. The van der Waals surface area contributed by atoms with Crippen LogP contribution in [0.5, 0.6) is 11.5 Å². The Morgan fingerprint density at radius 2 is 1.56 bits per heavy atom. The minimum absolute atomic E-state index is 0.0658. The molecule has 0 saturated carbocycles. The first-order valence-electron chi connectivity index (χ1n) is 10.2. The molecule has 0 saturated heterocycles. The van der Waals surface area contributed by atoms with Crippen molar-refractivity contribution in [2.24, 2.45) is 0 Å². The van der Waals surface area contributed by atoms with Gasteiger partial charge in [0, 0.05) is 22.5 Å². The second kappa shape index (κ2) is 11.9. The van der Waals surface area contributed by atoms with E-state index >= 15 is 0 Å². The number of hydrogen-bond acceptors (Lipinski definition) is 7. The fourth-order valence-corrected chi connectivity index (χ4v) is 7.82. The number of carbonyl (C=O) groups is 1. The Morgan fingerprint density at radius 3 is 2.18 bits per heavy atom. The van der Waals surface area contributed by atoms with Crippen LogP contribution >= 0.6 is 40.0 Å². The smallest absolute Gasteiger partial charge is 0.349 e. The second-order valence-electron chi connectivity index (χ2n) is 6.98. The van der Waals surface area contributed by atoms with E-state index in [1.807, 2.05) is 84.9 Å². The standard InChI is InChI=1S/C24H20ClN2O3PS3/c25-22-14-8-7-9-18(22)15-21-16-26-24(34-21)27-23(28)17-33-31(32,29-19-10-3-1-4-11-19)30-20-12-5-2-6-13-20/h1-14,16H,15,17H2,(H,26,27,28). The van der Waals surface area contributed by atoms with Crippen LogP contribution in [0, 0.1) is 0 Å². The zero-order chi connectivity index (χ0) is 23.8. The van der Waals surface area contributed by atoms with E-state index in [0.717, 1.165) is 10.4 Å². The Balaban J connectivity index is 1.38. The SMILES string of the molecule is O=C(CSP(=S)(Oc1ccccc1)Oc1ccccc1)Nc1ncc(Cc2ccccc2Cl)s1. The molecule has 10 heteroatoms. The zero-order valence-corrected chi connectivity index (χ0v) is 21.9. The molecule has 0 unspecified atom stereocenters. The van der Waals surface area contributed by atoms with Crippen molar-refractivity contribution in [3.05, 3.63) is 107 Å². The summed E-state index contributed by atoms with van der Waals surface area (Å²) in [6, 6.07) is 26.1. The van der Waals surface area contributed by atoms with E-state index in [0.29, 0.717) is 28.1 Å². The average Bonchev–Trinajstić information content (AvgIpc) is 3.27. The lowest BCUT2D eigenvalue weighted by molar-refractivity contribution is -0.113. The summed E-state index contributed by atoms with van der Waals surface area (Å²) in [5.74, 6) is 1.03. The molecule has 5 nitrogen and oxygen atoms in total. The van der Waals surface area contributed by atoms with E-state index < -0.39 is 5.69 Å². The Labute approximate surface area is 216 Å². The van der Waals surface area contributed by atoms with Gasteiger partial charge in [0.05, 0.1) is 5.75 Å². The molecule has 0 aliphatic heterocycles. The number of amides is 1. The number of para-hydroxylation sites is 2. The van der Waals surface area contributed by atoms with Gasteiger partial charge >= 0.3 is 5.69 Å². The van der Waals surface area contributed by atoms with Crippen molar-refractivity contribution in [1.82, 2.24) is 4.98 Å². The summed E-state index contributed by atoms with van der Waals surface area (Å²) < 4.78 is 12.1. The Kier molecular flexibility index (Phi) is 8.64. The van der Waals surface area contributed by atoms with E-state index in [-0.39, 0.29) is 11.7 Å². The molecular weight excluding hydrogens is 527 g/mol. The summed E-state index contributed by atoms with van der Waals surface area (Å²) in [7, 11) is 0. The Morgan fingerprint density at radius 1 is 0.971 bits per heavy atom. The first kappa shape index (κ1) is 24.8. The van der Waals surface area contributed by atoms with E-state index in [2.05, 4.69) is 10.3 Å². The molecule has 4 rings (SSSR count). The van der Waals surface area contributed by atoms with Gasteiger partial charge in [0.1, 0.15) is 11.5 Å². The number of benzene rings is 3. The number of nitrogens with zero attached hydrogens (tertiary/aromatic N) is 1. The topological polar surface area (TPSA) is 60.5 Å². The monoisotopic (exact) mass is 546 g/mol. The van der Waals surface area contributed by atoms with Crippen LogP contribution < -0.4 is 14.4 Å². The normalized spacial score (nSPS) is 11.1. The van der Waals surface area contributed by atoms with Crippen molar-refractivity contribution < 1.29 is 13.8 Å². The van der Waals surface area contributed by atoms with E-state index in [1.54, 1.807) is 6.20 Å². The maximum Gasteiger partial charge on any atom is 0.349 e. The fraction of sp³-hybridized carbons (Fsp3) is 0.0833. The molecule has 1 aromatic heterocycles. The van der Waals surface area contributed by atoms with Gasteiger partial charge in [-0.15, -0.1) is 11.3 Å². The Hall–Kier alpha value is -2.35. The quantitative estimate of drug-likeness (QED) is 0.209. The molecule has 1 heterocycles. The van der Waals surface area contributed by atoms with E-state index in [4.69, 9.17) is 32.5 Å². The summed E-state index contributed by atoms with van der Waals surface area (Å²) in [5, 5.41) is 4.07. The molecule has 1 amide bonds. The minimum atomic E-state index is -2.91. The zero-order valence-electron chi connectivity index (χ0n) is 17.8. The predicted octanol–water partition coefficient (Wildman–Crippen LogP) is 7.44. The van der Waals surface area contributed by atoms with Gasteiger partial charge in [-0.05, 0) is 59.1 Å². The van der Waals surface area contributed by atoms with Crippen LogP contribution in [0.15, 0.2) is 91.1 Å². The van der Waals surface area contributed by atoms with Gasteiger partial charge in [-0.2, -0.15) is 0 Å². The van der Waals surface area contributed by atoms with Gasteiger partial charge in [0.25, 0.3) is 0 Å². The van der Waals surface area contributed by atoms with Crippen LogP contribution in [-0.4, -0.2) is 16.6 Å². The molecule has 0 aliphatic rings. The lowest BCUT2D eigenvalue weighted by Crippen LogP contribution is -2.14. The van der Waals surface area contributed by atoms with Crippen molar-refractivity contribution in [2.75, 3.05) is 11.1 Å². The molecule has 174 valence electrons. The van der Waals surface area contributed by atoms with Gasteiger partial charge < -0.3 is 14.4 Å². The Bertz CT molecular complexity index is 1240. The van der Waals surface area contributed by atoms with Crippen LogP contribution in [0.25, 0.3) is 0 Å². The van der Waals surface area contributed by atoms with Gasteiger partial charge in [-0.3, -0.25) is 4.79 Å². The molecule has 4 aromatic rings. The third-order valence-electron chi connectivity index (χ3n) is 4.40. The van der Waals surface area contributed by atoms with Crippen LogP contribution in [0.3, 0.4) is 0 Å². The highest BCUT2D eigenvalue weighted by Crippen LogP contribution is 2.59. The molecule has 0 bridgehead atoms. The number of anilines is 1. The highest BCUT2D eigenvalue weighted by Gasteiger charge is 2.25. The molecule has 1 N–H and O–H groups in total. The van der Waals surface area contributed by atoms with Gasteiger partial charge in [-0.1, -0.05) is 66.2 Å². The maximum atomic E-state index is 12.7. The second-order valence-corrected chi connectivity index (χ2v) is 14.7. The van der Waals surface area contributed by atoms with Crippen LogP contribution in [-0.2, 0) is 23.0 Å². The molecule has 0 atom stereocenters. The molecule has 34 heavy (non-hydrogen) atoms. The highest BCUT2D eigenvalue weighted by atomic mass is 35.5. The number of halogens is 1. The largest absolute Gasteiger partial charge is 0.428 e. The lowest BCUT2D eigenvalue weighted by atomic mass is 10.1. The molecule has 3 aromatic carbocycles. The first-order valence-corrected chi connectivity index (χ1v) is 15.6. The van der Waals surface area contributed by atoms with Crippen LogP contribution in [0.4, 0.5) is 5.13 Å². The van der Waals surface area contributed by atoms with Crippen LogP contribution in [0.2, 0.25) is 5.02 Å². The van der Waals surface area contributed by atoms with Crippen molar-refractivity contribution in [3.63, 3.8) is 0 Å². The summed E-state index contributed by atoms with van der Waals surface area (Å²) in [4.78, 5) is 18.0. The number of nitrogens with one attached hydrogen (secondary N) is 1. The number of rotatable bonds is 10. The summed E-state index contributed by atoms with van der Waals surface area (Å²) in [6.45, 7) is 0. The average molecular weight is 547 g/mol. The third kappa shape index (κ3) is 7.32. The third-order valence-corrected chi connectivity index (χ3v) is 10.4. The molecule has 0 radical (unpaired) electrons. The predicted molar refractivity (Wildman–Crippen MR) is 146 cm³/mol. The number of carbonyl (C=O) groups excluding carboxylic acids is 1.